The molecule has 1 amide bonds. The first-order valence-corrected chi connectivity index (χ1v) is 11.6. The molecule has 7 nitrogen and oxygen atoms in total. The minimum absolute atomic E-state index is 0.0995. The minimum Gasteiger partial charge on any atom is -0.334 e. The molecule has 0 aliphatic carbocycles. The average Bonchev–Trinajstić information content (AvgIpc) is 3.53. The van der Waals surface area contributed by atoms with E-state index in [1.807, 2.05) is 21.7 Å². The number of hydrogen-bond acceptors (Lipinski definition) is 5. The summed E-state index contributed by atoms with van der Waals surface area (Å²) in [6.07, 6.45) is 12.6. The van der Waals surface area contributed by atoms with E-state index < -0.39 is 5.41 Å². The summed E-state index contributed by atoms with van der Waals surface area (Å²) in [5.74, 6) is 0.601. The van der Waals surface area contributed by atoms with Gasteiger partial charge < -0.3 is 9.80 Å². The lowest BCUT2D eigenvalue weighted by Crippen LogP contribution is -2.50. The summed E-state index contributed by atoms with van der Waals surface area (Å²) in [6, 6.07) is 6.58. The van der Waals surface area contributed by atoms with Gasteiger partial charge in [-0.3, -0.25) is 14.3 Å². The van der Waals surface area contributed by atoms with Crippen molar-refractivity contribution in [2.75, 3.05) is 26.7 Å². The van der Waals surface area contributed by atoms with Crippen LogP contribution in [-0.2, 0) is 11.2 Å². The fourth-order valence-electron chi connectivity index (χ4n) is 5.22. The van der Waals surface area contributed by atoms with E-state index in [2.05, 4.69) is 21.9 Å². The Bertz CT molecular complexity index is 1110. The molecule has 0 saturated carbocycles. The van der Waals surface area contributed by atoms with Gasteiger partial charge in [0.15, 0.2) is 5.82 Å². The Kier molecular flexibility index (Phi) is 5.93. The van der Waals surface area contributed by atoms with E-state index in [1.54, 1.807) is 37.1 Å². The summed E-state index contributed by atoms with van der Waals surface area (Å²) < 4.78 is 15.7. The normalized spacial score (nSPS) is 20.8. The molecule has 1 atom stereocenters. The van der Waals surface area contributed by atoms with E-state index in [0.717, 1.165) is 50.0 Å². The summed E-state index contributed by atoms with van der Waals surface area (Å²) in [6.45, 7) is 2.42. The summed E-state index contributed by atoms with van der Waals surface area (Å²) in [5, 5.41) is 0. The Morgan fingerprint density at radius 1 is 1.18 bits per heavy atom. The molecule has 0 N–H and O–H groups in total. The number of amides is 1. The number of carbonyl (C=O) groups excluding carboxylic acids is 1. The molecule has 3 aromatic rings. The molecule has 8 heteroatoms. The molecule has 0 radical (unpaired) electrons. The van der Waals surface area contributed by atoms with Crippen molar-refractivity contribution in [2.24, 2.45) is 5.41 Å². The van der Waals surface area contributed by atoms with E-state index in [9.17, 15) is 9.18 Å². The molecule has 5 rings (SSSR count). The first-order chi connectivity index (χ1) is 16.0. The molecular formula is C25H29FN6O. The minimum atomic E-state index is -0.529. The zero-order valence-electron chi connectivity index (χ0n) is 18.9. The van der Waals surface area contributed by atoms with Crippen molar-refractivity contribution >= 4 is 5.91 Å². The van der Waals surface area contributed by atoms with Crippen molar-refractivity contribution in [1.82, 2.24) is 29.3 Å². The van der Waals surface area contributed by atoms with Gasteiger partial charge in [-0.2, -0.15) is 0 Å². The quantitative estimate of drug-likeness (QED) is 0.598. The molecule has 4 heterocycles. The molecule has 2 aromatic heterocycles. The largest absolute Gasteiger partial charge is 0.334 e. The number of benzene rings is 1. The standard InChI is InChI=1S/C25H29FN6O/c1-30-11-7-25(8-12-30,15-19-4-2-5-20(26)14-19)24(33)32-10-3-6-22(32)21-16-28-17-23(29-21)31-13-9-27-18-31/h2,4-5,9,13-14,16-18,22H,3,6-8,10-12,15H2,1H3. The third-order valence-electron chi connectivity index (χ3n) is 7.09. The second-order valence-corrected chi connectivity index (χ2v) is 9.32. The van der Waals surface area contributed by atoms with Crippen LogP contribution in [0.1, 0.15) is 43.0 Å². The van der Waals surface area contributed by atoms with Crippen LogP contribution in [0.2, 0.25) is 0 Å². The summed E-state index contributed by atoms with van der Waals surface area (Å²) in [7, 11) is 2.09. The average molecular weight is 449 g/mol. The highest BCUT2D eigenvalue weighted by molar-refractivity contribution is 5.84. The van der Waals surface area contributed by atoms with Crippen molar-refractivity contribution in [1.29, 1.82) is 0 Å². The Hall–Kier alpha value is -3.13. The third-order valence-corrected chi connectivity index (χ3v) is 7.09. The number of halogens is 1. The first-order valence-electron chi connectivity index (χ1n) is 11.6. The van der Waals surface area contributed by atoms with E-state index in [1.165, 1.54) is 6.07 Å². The predicted octanol–water partition coefficient (Wildman–Crippen LogP) is 3.42. The number of nitrogens with zero attached hydrogens (tertiary/aromatic N) is 6. The number of piperidine rings is 1. The molecule has 0 bridgehead atoms. The molecule has 2 aliphatic heterocycles. The van der Waals surface area contributed by atoms with Crippen LogP contribution in [0.4, 0.5) is 4.39 Å². The molecule has 0 spiro atoms. The fourth-order valence-corrected chi connectivity index (χ4v) is 5.22. The maximum absolute atomic E-state index is 14.2. The molecular weight excluding hydrogens is 419 g/mol. The maximum atomic E-state index is 14.2. The predicted molar refractivity (Wildman–Crippen MR) is 122 cm³/mol. The Balaban J connectivity index is 1.44. The Morgan fingerprint density at radius 2 is 2.03 bits per heavy atom. The SMILES string of the molecule is CN1CCC(Cc2cccc(F)c2)(C(=O)N2CCCC2c2cncc(-n3ccnc3)n2)CC1. The topological polar surface area (TPSA) is 67.2 Å². The second kappa shape index (κ2) is 9.02. The van der Waals surface area contributed by atoms with Crippen LogP contribution in [0.15, 0.2) is 55.4 Å². The summed E-state index contributed by atoms with van der Waals surface area (Å²) in [4.78, 5) is 31.7. The highest BCUT2D eigenvalue weighted by Gasteiger charge is 2.46. The van der Waals surface area contributed by atoms with Crippen LogP contribution in [0.25, 0.3) is 5.82 Å². The molecule has 33 heavy (non-hydrogen) atoms. The van der Waals surface area contributed by atoms with Gasteiger partial charge >= 0.3 is 0 Å². The van der Waals surface area contributed by atoms with Crippen LogP contribution in [-0.4, -0.2) is 61.9 Å². The molecule has 2 aliphatic rings. The highest BCUT2D eigenvalue weighted by Crippen LogP contribution is 2.41. The van der Waals surface area contributed by atoms with E-state index >= 15 is 0 Å². The molecule has 172 valence electrons. The second-order valence-electron chi connectivity index (χ2n) is 9.32. The van der Waals surface area contributed by atoms with E-state index in [4.69, 9.17) is 4.98 Å². The molecule has 2 saturated heterocycles. The van der Waals surface area contributed by atoms with E-state index in [-0.39, 0.29) is 17.8 Å². The molecule has 2 fully saturated rings. The van der Waals surface area contributed by atoms with Gasteiger partial charge in [0.2, 0.25) is 5.91 Å². The lowest BCUT2D eigenvalue weighted by atomic mass is 9.72. The third kappa shape index (κ3) is 4.39. The van der Waals surface area contributed by atoms with Crippen LogP contribution in [0.5, 0.6) is 0 Å². The van der Waals surface area contributed by atoms with Gasteiger partial charge in [0.25, 0.3) is 0 Å². The zero-order valence-corrected chi connectivity index (χ0v) is 18.9. The van der Waals surface area contributed by atoms with Crippen LogP contribution >= 0.6 is 0 Å². The summed E-state index contributed by atoms with van der Waals surface area (Å²) >= 11 is 0. The highest BCUT2D eigenvalue weighted by atomic mass is 19.1. The van der Waals surface area contributed by atoms with Gasteiger partial charge in [-0.15, -0.1) is 0 Å². The van der Waals surface area contributed by atoms with Gasteiger partial charge in [0, 0.05) is 18.9 Å². The van der Waals surface area contributed by atoms with Crippen LogP contribution in [0.3, 0.4) is 0 Å². The number of rotatable bonds is 5. The van der Waals surface area contributed by atoms with Crippen molar-refractivity contribution in [3.8, 4) is 5.82 Å². The lowest BCUT2D eigenvalue weighted by Gasteiger charge is -2.43. The van der Waals surface area contributed by atoms with Gasteiger partial charge in [-0.1, -0.05) is 12.1 Å². The maximum Gasteiger partial charge on any atom is 0.229 e. The Labute approximate surface area is 193 Å². The van der Waals surface area contributed by atoms with Crippen molar-refractivity contribution in [3.63, 3.8) is 0 Å². The number of imidazole rings is 1. The van der Waals surface area contributed by atoms with Gasteiger partial charge in [0.05, 0.1) is 29.5 Å². The molecule has 1 aromatic carbocycles. The van der Waals surface area contributed by atoms with Crippen LogP contribution in [0, 0.1) is 11.2 Å². The smallest absolute Gasteiger partial charge is 0.229 e. The number of likely N-dealkylation sites (tertiary alicyclic amines) is 2. The molecule has 1 unspecified atom stereocenters. The Morgan fingerprint density at radius 3 is 2.79 bits per heavy atom. The van der Waals surface area contributed by atoms with Gasteiger partial charge in [-0.25, -0.2) is 14.4 Å². The fraction of sp³-hybridized carbons (Fsp3) is 0.440. The lowest BCUT2D eigenvalue weighted by molar-refractivity contribution is -0.146. The van der Waals surface area contributed by atoms with Crippen molar-refractivity contribution in [3.05, 3.63) is 72.5 Å². The number of aromatic nitrogens is 4. The van der Waals surface area contributed by atoms with Gasteiger partial charge in [0.1, 0.15) is 12.1 Å². The zero-order chi connectivity index (χ0) is 22.8. The van der Waals surface area contributed by atoms with Crippen molar-refractivity contribution < 1.29 is 9.18 Å². The monoisotopic (exact) mass is 448 g/mol. The first kappa shape index (κ1) is 21.7. The summed E-state index contributed by atoms with van der Waals surface area (Å²) in [5.41, 5.74) is 1.16. The number of hydrogen-bond donors (Lipinski definition) is 0. The van der Waals surface area contributed by atoms with Crippen molar-refractivity contribution in [2.45, 2.75) is 38.1 Å². The van der Waals surface area contributed by atoms with Crippen LogP contribution < -0.4 is 0 Å². The number of carbonyl (C=O) groups is 1. The van der Waals surface area contributed by atoms with Gasteiger partial charge in [-0.05, 0) is 69.9 Å². The van der Waals surface area contributed by atoms with E-state index in [0.29, 0.717) is 18.8 Å².